The van der Waals surface area contributed by atoms with E-state index in [9.17, 15) is 5.11 Å². The fourth-order valence-electron chi connectivity index (χ4n) is 4.30. The number of benzene rings is 1. The van der Waals surface area contributed by atoms with E-state index in [0.29, 0.717) is 6.04 Å². The summed E-state index contributed by atoms with van der Waals surface area (Å²) < 4.78 is 0. The molecule has 1 saturated heterocycles. The molecule has 2 heterocycles. The van der Waals surface area contributed by atoms with Crippen LogP contribution in [0.4, 0.5) is 0 Å². The van der Waals surface area contributed by atoms with Crippen molar-refractivity contribution >= 4 is 10.9 Å². The Bertz CT molecular complexity index is 673. The van der Waals surface area contributed by atoms with Crippen molar-refractivity contribution in [3.8, 4) is 0 Å². The Balaban J connectivity index is 1.25. The second-order valence-electron chi connectivity index (χ2n) is 7.45. The number of aliphatic hydroxyl groups is 1. The average Bonchev–Trinajstić information content (AvgIpc) is 2.98. The third-order valence-electron chi connectivity index (χ3n) is 5.74. The number of H-pyrrole nitrogens is 1. The third kappa shape index (κ3) is 3.51. The van der Waals surface area contributed by atoms with Crippen LogP contribution in [0.15, 0.2) is 24.3 Å². The molecule has 1 aromatic heterocycles. The van der Waals surface area contributed by atoms with Gasteiger partial charge < -0.3 is 20.3 Å². The van der Waals surface area contributed by atoms with E-state index in [0.717, 1.165) is 51.9 Å². The van der Waals surface area contributed by atoms with Crippen LogP contribution in [0.5, 0.6) is 0 Å². The molecule has 0 spiro atoms. The minimum atomic E-state index is -0.0630. The van der Waals surface area contributed by atoms with Gasteiger partial charge in [0.2, 0.25) is 0 Å². The number of piperidine rings is 1. The molecule has 2 aliphatic rings. The lowest BCUT2D eigenvalue weighted by Crippen LogP contribution is -2.39. The molecule has 1 aliphatic carbocycles. The number of nitrogens with one attached hydrogen (secondary N) is 2. The molecule has 2 aromatic rings. The number of aliphatic hydroxyl groups excluding tert-OH is 1. The van der Waals surface area contributed by atoms with Crippen LogP contribution in [0.3, 0.4) is 0 Å². The molecule has 24 heavy (non-hydrogen) atoms. The van der Waals surface area contributed by atoms with Gasteiger partial charge >= 0.3 is 0 Å². The lowest BCUT2D eigenvalue weighted by atomic mass is 9.91. The van der Waals surface area contributed by atoms with Crippen molar-refractivity contribution in [3.05, 3.63) is 35.5 Å². The smallest absolute Gasteiger partial charge is 0.0564 e. The summed E-state index contributed by atoms with van der Waals surface area (Å²) in [5, 5.41) is 14.7. The first-order valence-corrected chi connectivity index (χ1v) is 9.52. The molecular weight excluding hydrogens is 298 g/mol. The SMILES string of the molecule is OC1CCN(CCCNC2CCc3[nH]c4ccccc4c3C2)CC1. The first-order valence-electron chi connectivity index (χ1n) is 9.52. The predicted octanol–water partition coefficient (Wildman–Crippen LogP) is 2.46. The van der Waals surface area contributed by atoms with Gasteiger partial charge in [0.25, 0.3) is 0 Å². The largest absolute Gasteiger partial charge is 0.393 e. The number of fused-ring (bicyclic) bond motifs is 3. The summed E-state index contributed by atoms with van der Waals surface area (Å²) in [7, 11) is 0. The van der Waals surface area contributed by atoms with Gasteiger partial charge in [-0.05, 0) is 63.2 Å². The van der Waals surface area contributed by atoms with Crippen molar-refractivity contribution in [2.75, 3.05) is 26.2 Å². The summed E-state index contributed by atoms with van der Waals surface area (Å²) in [4.78, 5) is 6.09. The fraction of sp³-hybridized carbons (Fsp3) is 0.600. The van der Waals surface area contributed by atoms with Crippen molar-refractivity contribution in [2.24, 2.45) is 0 Å². The lowest BCUT2D eigenvalue weighted by molar-refractivity contribution is 0.0820. The van der Waals surface area contributed by atoms with E-state index >= 15 is 0 Å². The monoisotopic (exact) mass is 327 g/mol. The van der Waals surface area contributed by atoms with Crippen molar-refractivity contribution < 1.29 is 5.11 Å². The van der Waals surface area contributed by atoms with E-state index in [1.54, 1.807) is 0 Å². The number of aryl methyl sites for hydroxylation is 1. The molecule has 0 bridgehead atoms. The predicted molar refractivity (Wildman–Crippen MR) is 98.4 cm³/mol. The first kappa shape index (κ1) is 16.1. The normalized spacial score (nSPS) is 22.8. The quantitative estimate of drug-likeness (QED) is 0.740. The molecule has 1 aliphatic heterocycles. The van der Waals surface area contributed by atoms with Gasteiger partial charge in [-0.15, -0.1) is 0 Å². The zero-order valence-electron chi connectivity index (χ0n) is 14.4. The van der Waals surface area contributed by atoms with Gasteiger partial charge in [-0.1, -0.05) is 18.2 Å². The van der Waals surface area contributed by atoms with Crippen LogP contribution in [-0.4, -0.2) is 53.3 Å². The highest BCUT2D eigenvalue weighted by molar-refractivity contribution is 5.84. The third-order valence-corrected chi connectivity index (χ3v) is 5.74. The standard InChI is InChI=1S/C20H29N3O/c24-16-8-12-23(13-9-16)11-3-10-21-15-6-7-20-18(14-15)17-4-1-2-5-19(17)22-20/h1-2,4-5,15-16,21-22,24H,3,6-14H2. The van der Waals surface area contributed by atoms with Crippen LogP contribution in [0.1, 0.15) is 36.9 Å². The van der Waals surface area contributed by atoms with Crippen LogP contribution in [0, 0.1) is 0 Å². The van der Waals surface area contributed by atoms with Gasteiger partial charge in [-0.25, -0.2) is 0 Å². The number of para-hydroxylation sites is 1. The summed E-state index contributed by atoms with van der Waals surface area (Å²) in [6.07, 6.45) is 6.56. The second kappa shape index (κ2) is 7.26. The van der Waals surface area contributed by atoms with E-state index in [2.05, 4.69) is 39.5 Å². The Morgan fingerprint density at radius 1 is 1.17 bits per heavy atom. The zero-order valence-corrected chi connectivity index (χ0v) is 14.4. The van der Waals surface area contributed by atoms with Gasteiger partial charge in [0.05, 0.1) is 6.10 Å². The van der Waals surface area contributed by atoms with Crippen molar-refractivity contribution in [2.45, 2.75) is 50.7 Å². The first-order chi connectivity index (χ1) is 11.8. The number of hydrogen-bond donors (Lipinski definition) is 3. The summed E-state index contributed by atoms with van der Waals surface area (Å²) in [6, 6.07) is 9.30. The van der Waals surface area contributed by atoms with Crippen molar-refractivity contribution in [1.82, 2.24) is 15.2 Å². The number of hydrogen-bond acceptors (Lipinski definition) is 3. The molecule has 4 rings (SSSR count). The van der Waals surface area contributed by atoms with Crippen LogP contribution in [0.25, 0.3) is 10.9 Å². The van der Waals surface area contributed by atoms with Crippen LogP contribution < -0.4 is 5.32 Å². The van der Waals surface area contributed by atoms with Gasteiger partial charge in [-0.3, -0.25) is 0 Å². The molecule has 0 amide bonds. The Hall–Kier alpha value is -1.36. The molecule has 1 unspecified atom stereocenters. The maximum atomic E-state index is 9.56. The topological polar surface area (TPSA) is 51.3 Å². The van der Waals surface area contributed by atoms with Crippen LogP contribution >= 0.6 is 0 Å². The highest BCUT2D eigenvalue weighted by atomic mass is 16.3. The Morgan fingerprint density at radius 3 is 2.88 bits per heavy atom. The van der Waals surface area contributed by atoms with Gasteiger partial charge in [0.15, 0.2) is 0 Å². The molecule has 1 fully saturated rings. The lowest BCUT2D eigenvalue weighted by Gasteiger charge is -2.30. The number of aromatic nitrogens is 1. The number of nitrogens with zero attached hydrogens (tertiary/aromatic N) is 1. The summed E-state index contributed by atoms with van der Waals surface area (Å²) in [6.45, 7) is 4.37. The summed E-state index contributed by atoms with van der Waals surface area (Å²) >= 11 is 0. The molecule has 4 nitrogen and oxygen atoms in total. The van der Waals surface area contributed by atoms with E-state index in [-0.39, 0.29) is 6.10 Å². The Kier molecular flexibility index (Phi) is 4.88. The van der Waals surface area contributed by atoms with Gasteiger partial charge in [-0.2, -0.15) is 0 Å². The molecule has 1 aromatic carbocycles. The number of rotatable bonds is 5. The van der Waals surface area contributed by atoms with E-state index in [4.69, 9.17) is 0 Å². The summed E-state index contributed by atoms with van der Waals surface area (Å²) in [5.41, 5.74) is 4.26. The minimum Gasteiger partial charge on any atom is -0.393 e. The highest BCUT2D eigenvalue weighted by Gasteiger charge is 2.22. The molecule has 3 N–H and O–H groups in total. The number of likely N-dealkylation sites (tertiary alicyclic amines) is 1. The molecule has 0 radical (unpaired) electrons. The zero-order chi connectivity index (χ0) is 16.4. The Morgan fingerprint density at radius 2 is 2.00 bits per heavy atom. The van der Waals surface area contributed by atoms with Crippen LogP contribution in [0.2, 0.25) is 0 Å². The van der Waals surface area contributed by atoms with Crippen LogP contribution in [-0.2, 0) is 12.8 Å². The van der Waals surface area contributed by atoms with E-state index in [1.165, 1.54) is 35.0 Å². The van der Waals surface area contributed by atoms with E-state index < -0.39 is 0 Å². The molecule has 4 heteroatoms. The number of aromatic amines is 1. The van der Waals surface area contributed by atoms with Gasteiger partial charge in [0, 0.05) is 35.7 Å². The fourth-order valence-corrected chi connectivity index (χ4v) is 4.30. The maximum Gasteiger partial charge on any atom is 0.0564 e. The molecule has 1 atom stereocenters. The summed E-state index contributed by atoms with van der Waals surface area (Å²) in [5.74, 6) is 0. The molecule has 0 saturated carbocycles. The minimum absolute atomic E-state index is 0.0630. The average molecular weight is 327 g/mol. The highest BCUT2D eigenvalue weighted by Crippen LogP contribution is 2.29. The van der Waals surface area contributed by atoms with E-state index in [1.807, 2.05) is 0 Å². The second-order valence-corrected chi connectivity index (χ2v) is 7.45. The van der Waals surface area contributed by atoms with Crippen molar-refractivity contribution in [1.29, 1.82) is 0 Å². The molecule has 130 valence electrons. The Labute approximate surface area is 144 Å². The molecular formula is C20H29N3O. The van der Waals surface area contributed by atoms with Crippen molar-refractivity contribution in [3.63, 3.8) is 0 Å². The maximum absolute atomic E-state index is 9.56. The van der Waals surface area contributed by atoms with Gasteiger partial charge in [0.1, 0.15) is 0 Å².